The molecule has 1 amide bonds. The fourth-order valence-corrected chi connectivity index (χ4v) is 4.76. The molecule has 1 heterocycles. The molecule has 0 fully saturated rings. The average Bonchev–Trinajstić information content (AvgIpc) is 3.33. The Balaban J connectivity index is 1.58. The molecule has 0 aliphatic heterocycles. The number of carboxylic acids is 1. The summed E-state index contributed by atoms with van der Waals surface area (Å²) in [6.45, 7) is 0.464. The van der Waals surface area contributed by atoms with Crippen molar-refractivity contribution >= 4 is 23.2 Å². The Hall–Kier alpha value is -4.25. The van der Waals surface area contributed by atoms with Gasteiger partial charge in [0.2, 0.25) is 10.7 Å². The van der Waals surface area contributed by atoms with Crippen LogP contribution in [0.15, 0.2) is 83.9 Å². The Morgan fingerprint density at radius 2 is 1.62 bits per heavy atom. The second kappa shape index (κ2) is 13.2. The van der Waals surface area contributed by atoms with Crippen molar-refractivity contribution < 1.29 is 32.6 Å². The molecule has 1 aromatic heterocycles. The molecule has 0 unspecified atom stereocenters. The molecule has 1 N–H and O–H groups in total. The number of nitrogens with zero attached hydrogens (tertiary/aromatic N) is 3. The molecule has 3 aromatic carbocycles. The molecule has 4 rings (SSSR count). The molecule has 0 bridgehead atoms. The summed E-state index contributed by atoms with van der Waals surface area (Å²) >= 11 is 1.21. The number of unbranched alkanes of at least 4 members (excludes halogenated alkanes) is 1. The molecule has 0 aliphatic rings. The zero-order valence-corrected chi connectivity index (χ0v) is 22.1. The molecular formula is C29H26F3N3O4S. The van der Waals surface area contributed by atoms with Gasteiger partial charge in [0.1, 0.15) is 16.5 Å². The Bertz CT molecular complexity index is 1530. The number of amides is 1. The highest BCUT2D eigenvalue weighted by Gasteiger charge is 2.30. The van der Waals surface area contributed by atoms with Crippen LogP contribution in [0.3, 0.4) is 0 Å². The maximum absolute atomic E-state index is 13.1. The molecule has 0 radical (unpaired) electrons. The van der Waals surface area contributed by atoms with Crippen molar-refractivity contribution in [2.45, 2.75) is 44.8 Å². The number of halogens is 3. The zero-order valence-electron chi connectivity index (χ0n) is 21.3. The summed E-state index contributed by atoms with van der Waals surface area (Å²) < 4.78 is 46.6. The lowest BCUT2D eigenvalue weighted by molar-refractivity contribution is -0.138. The van der Waals surface area contributed by atoms with Crippen molar-refractivity contribution in [2.75, 3.05) is 0 Å². The first kappa shape index (κ1) is 28.8. The number of aromatic nitrogens is 2. The van der Waals surface area contributed by atoms with Crippen LogP contribution in [-0.4, -0.2) is 26.8 Å². The van der Waals surface area contributed by atoms with E-state index in [9.17, 15) is 22.8 Å². The number of carbonyl (C=O) groups excluding carboxylic acids is 1. The second-order valence-corrected chi connectivity index (χ2v) is 9.87. The van der Waals surface area contributed by atoms with Crippen LogP contribution in [0, 0.1) is 0 Å². The third kappa shape index (κ3) is 8.37. The fraction of sp³-hybridized carbons (Fsp3) is 0.241. The highest BCUT2D eigenvalue weighted by atomic mass is 32.1. The van der Waals surface area contributed by atoms with E-state index in [1.54, 1.807) is 28.9 Å². The van der Waals surface area contributed by atoms with Gasteiger partial charge in [-0.2, -0.15) is 23.3 Å². The first-order valence-electron chi connectivity index (χ1n) is 12.5. The Labute approximate surface area is 232 Å². The SMILES string of the molecule is O=C(O)CCCCC(=O)/N=c1\sc(-c2cccc(Oc3cccc(C(F)(F)F)c3)c2)nn1CCc1ccccc1. The van der Waals surface area contributed by atoms with Crippen molar-refractivity contribution in [3.8, 4) is 22.1 Å². The summed E-state index contributed by atoms with van der Waals surface area (Å²) in [6.07, 6.45) is -2.91. The van der Waals surface area contributed by atoms with E-state index < -0.39 is 17.7 Å². The lowest BCUT2D eigenvalue weighted by atomic mass is 10.1. The van der Waals surface area contributed by atoms with Crippen molar-refractivity contribution in [3.05, 3.63) is 94.8 Å². The molecule has 11 heteroatoms. The second-order valence-electron chi connectivity index (χ2n) is 8.91. The average molecular weight is 570 g/mol. The summed E-state index contributed by atoms with van der Waals surface area (Å²) in [5, 5.41) is 14.0. The molecule has 0 atom stereocenters. The van der Waals surface area contributed by atoms with Crippen molar-refractivity contribution in [1.82, 2.24) is 9.78 Å². The zero-order chi connectivity index (χ0) is 28.5. The number of hydrogen-bond donors (Lipinski definition) is 1. The largest absolute Gasteiger partial charge is 0.481 e. The van der Waals surface area contributed by atoms with Gasteiger partial charge in [0, 0.05) is 24.9 Å². The summed E-state index contributed by atoms with van der Waals surface area (Å²) in [5.74, 6) is -0.894. The number of benzene rings is 3. The number of carboxylic acid groups (broad SMARTS) is 1. The molecular weight excluding hydrogens is 543 g/mol. The van der Waals surface area contributed by atoms with Gasteiger partial charge < -0.3 is 9.84 Å². The lowest BCUT2D eigenvalue weighted by Crippen LogP contribution is -2.19. The Morgan fingerprint density at radius 3 is 2.35 bits per heavy atom. The molecule has 4 aromatic rings. The van der Waals surface area contributed by atoms with Crippen molar-refractivity contribution in [1.29, 1.82) is 0 Å². The first-order valence-corrected chi connectivity index (χ1v) is 13.4. The van der Waals surface area contributed by atoms with Gasteiger partial charge in [0.25, 0.3) is 0 Å². The fourth-order valence-electron chi connectivity index (χ4n) is 3.81. The van der Waals surface area contributed by atoms with E-state index >= 15 is 0 Å². The van der Waals surface area contributed by atoms with E-state index in [0.717, 1.165) is 17.7 Å². The van der Waals surface area contributed by atoms with Gasteiger partial charge in [-0.3, -0.25) is 9.59 Å². The smallest absolute Gasteiger partial charge is 0.416 e. The molecule has 0 aliphatic carbocycles. The molecule has 40 heavy (non-hydrogen) atoms. The van der Waals surface area contributed by atoms with Crippen molar-refractivity contribution in [2.24, 2.45) is 4.99 Å². The van der Waals surface area contributed by atoms with Crippen LogP contribution < -0.4 is 9.54 Å². The van der Waals surface area contributed by atoms with Gasteiger partial charge in [-0.25, -0.2) is 4.68 Å². The molecule has 208 valence electrons. The highest BCUT2D eigenvalue weighted by Crippen LogP contribution is 2.33. The number of carbonyl (C=O) groups is 2. The topological polar surface area (TPSA) is 93.8 Å². The van der Waals surface area contributed by atoms with Crippen LogP contribution in [0.5, 0.6) is 11.5 Å². The standard InChI is InChI=1S/C29H26F3N3O4S/c30-29(31,32)22-11-7-13-24(19-22)39-23-12-6-10-21(18-23)27-34-35(17-16-20-8-2-1-3-9-20)28(40-27)33-25(36)14-4-5-15-26(37)38/h1-3,6-13,18-19H,4-5,14-17H2,(H,37,38)/b33-28-. The number of hydrogen-bond acceptors (Lipinski definition) is 5. The van der Waals surface area contributed by atoms with Gasteiger partial charge in [-0.1, -0.05) is 59.9 Å². The summed E-state index contributed by atoms with van der Waals surface area (Å²) in [4.78, 5) is 27.9. The summed E-state index contributed by atoms with van der Waals surface area (Å²) in [7, 11) is 0. The first-order chi connectivity index (χ1) is 19.2. The van der Waals surface area contributed by atoms with Crippen LogP contribution in [-0.2, 0) is 28.7 Å². The minimum absolute atomic E-state index is 0.00598. The minimum atomic E-state index is -4.48. The van der Waals surface area contributed by atoms with E-state index in [1.807, 2.05) is 30.3 Å². The highest BCUT2D eigenvalue weighted by molar-refractivity contribution is 7.12. The number of ether oxygens (including phenoxy) is 1. The quantitative estimate of drug-likeness (QED) is 0.202. The number of rotatable bonds is 11. The molecule has 0 saturated carbocycles. The predicted molar refractivity (Wildman–Crippen MR) is 144 cm³/mol. The van der Waals surface area contributed by atoms with Crippen LogP contribution in [0.4, 0.5) is 13.2 Å². The summed E-state index contributed by atoms with van der Waals surface area (Å²) in [5.41, 5.74) is 0.935. The Kier molecular flexibility index (Phi) is 9.49. The van der Waals surface area contributed by atoms with Crippen LogP contribution in [0.1, 0.15) is 36.8 Å². The predicted octanol–water partition coefficient (Wildman–Crippen LogP) is 6.74. The Morgan fingerprint density at radius 1 is 0.925 bits per heavy atom. The van der Waals surface area contributed by atoms with Gasteiger partial charge >= 0.3 is 12.1 Å². The van der Waals surface area contributed by atoms with Gasteiger partial charge in [-0.15, -0.1) is 0 Å². The maximum Gasteiger partial charge on any atom is 0.416 e. The monoisotopic (exact) mass is 569 g/mol. The maximum atomic E-state index is 13.1. The van der Waals surface area contributed by atoms with Crippen LogP contribution in [0.2, 0.25) is 0 Å². The van der Waals surface area contributed by atoms with Gasteiger partial charge in [0.05, 0.1) is 5.56 Å². The van der Waals surface area contributed by atoms with Crippen LogP contribution in [0.25, 0.3) is 10.6 Å². The van der Waals surface area contributed by atoms with Gasteiger partial charge in [0.15, 0.2) is 0 Å². The number of aryl methyl sites for hydroxylation is 2. The third-order valence-electron chi connectivity index (χ3n) is 5.81. The lowest BCUT2D eigenvalue weighted by Gasteiger charge is -2.10. The molecule has 0 saturated heterocycles. The molecule has 0 spiro atoms. The number of alkyl halides is 3. The third-order valence-corrected chi connectivity index (χ3v) is 6.80. The summed E-state index contributed by atoms with van der Waals surface area (Å²) in [6, 6.07) is 21.2. The molecule has 7 nitrogen and oxygen atoms in total. The minimum Gasteiger partial charge on any atom is -0.481 e. The van der Waals surface area contributed by atoms with E-state index in [4.69, 9.17) is 9.84 Å². The van der Waals surface area contributed by atoms with E-state index in [-0.39, 0.29) is 24.5 Å². The van der Waals surface area contributed by atoms with E-state index in [1.165, 1.54) is 23.5 Å². The van der Waals surface area contributed by atoms with E-state index in [2.05, 4.69) is 10.1 Å². The normalized spacial score (nSPS) is 11.9. The van der Waals surface area contributed by atoms with Crippen molar-refractivity contribution in [3.63, 3.8) is 0 Å². The van der Waals surface area contributed by atoms with Crippen LogP contribution >= 0.6 is 11.3 Å². The van der Waals surface area contributed by atoms with E-state index in [0.29, 0.717) is 46.9 Å². The number of aliphatic carboxylic acids is 1. The van der Waals surface area contributed by atoms with Gasteiger partial charge in [-0.05, 0) is 55.2 Å².